The molecule has 1 aliphatic carbocycles. The van der Waals surface area contributed by atoms with E-state index in [1.807, 2.05) is 18.9 Å². The third-order valence-corrected chi connectivity index (χ3v) is 5.57. The van der Waals surface area contributed by atoms with Crippen molar-refractivity contribution < 1.29 is 8.42 Å². The molecule has 0 spiro atoms. The van der Waals surface area contributed by atoms with Crippen LogP contribution in [0.5, 0.6) is 0 Å². The van der Waals surface area contributed by atoms with Gasteiger partial charge in [0.15, 0.2) is 15.8 Å². The van der Waals surface area contributed by atoms with Gasteiger partial charge in [-0.05, 0) is 31.4 Å². The zero-order valence-electron chi connectivity index (χ0n) is 13.0. The molecular weight excluding hydrogens is 413 g/mol. The summed E-state index contributed by atoms with van der Waals surface area (Å²) < 4.78 is 24.8. The number of aliphatic imine (C=N–C) groups is 1. The molecule has 0 saturated heterocycles. The van der Waals surface area contributed by atoms with Crippen molar-refractivity contribution in [1.29, 1.82) is 0 Å². The summed E-state index contributed by atoms with van der Waals surface area (Å²) in [5.41, 5.74) is 5.97. The van der Waals surface area contributed by atoms with Crippen LogP contribution in [0.4, 0.5) is 0 Å². The molecule has 2 N–H and O–H groups in total. The Kier molecular flexibility index (Phi) is 7.11. The first-order valence-corrected chi connectivity index (χ1v) is 8.93. The van der Waals surface area contributed by atoms with Gasteiger partial charge in [0, 0.05) is 13.1 Å². The van der Waals surface area contributed by atoms with Gasteiger partial charge in [-0.2, -0.15) is 0 Å². The summed E-state index contributed by atoms with van der Waals surface area (Å²) in [5, 5.41) is 0. The molecule has 22 heavy (non-hydrogen) atoms. The molecule has 124 valence electrons. The highest BCUT2D eigenvalue weighted by molar-refractivity contribution is 14.0. The number of halogens is 1. The Labute approximate surface area is 149 Å². The molecule has 1 fully saturated rings. The standard InChI is InChI=1S/C15H23N3O2S.HI/c1-3-12(17-15(16)18(2)13-9-10-13)11-21(19,20)14-7-5-4-6-8-14;/h4-8,12-13H,3,9-11H2,1-2H3,(H2,16,17);1H. The summed E-state index contributed by atoms with van der Waals surface area (Å²) >= 11 is 0. The molecule has 2 rings (SSSR count). The van der Waals surface area contributed by atoms with Crippen LogP contribution in [0.15, 0.2) is 40.2 Å². The molecule has 0 heterocycles. The molecule has 7 heteroatoms. The fourth-order valence-corrected chi connectivity index (χ4v) is 3.73. The maximum atomic E-state index is 12.4. The normalized spacial score (nSPS) is 16.7. The van der Waals surface area contributed by atoms with Crippen LogP contribution in [0.25, 0.3) is 0 Å². The lowest BCUT2D eigenvalue weighted by Crippen LogP contribution is -2.37. The molecule has 0 aromatic heterocycles. The van der Waals surface area contributed by atoms with Gasteiger partial charge in [-0.1, -0.05) is 25.1 Å². The molecule has 1 atom stereocenters. The summed E-state index contributed by atoms with van der Waals surface area (Å²) in [6.07, 6.45) is 2.91. The number of nitrogens with zero attached hydrogens (tertiary/aromatic N) is 2. The Hall–Kier alpha value is -0.830. The quantitative estimate of drug-likeness (QED) is 0.421. The van der Waals surface area contributed by atoms with Crippen LogP contribution < -0.4 is 5.73 Å². The van der Waals surface area contributed by atoms with Crippen LogP contribution in [0.3, 0.4) is 0 Å². The largest absolute Gasteiger partial charge is 0.370 e. The third kappa shape index (κ3) is 5.12. The molecule has 1 aromatic carbocycles. The van der Waals surface area contributed by atoms with Gasteiger partial charge in [0.05, 0.1) is 16.7 Å². The van der Waals surface area contributed by atoms with Gasteiger partial charge >= 0.3 is 0 Å². The van der Waals surface area contributed by atoms with Gasteiger partial charge in [0.25, 0.3) is 0 Å². The van der Waals surface area contributed by atoms with E-state index in [4.69, 9.17) is 5.73 Å². The molecule has 0 radical (unpaired) electrons. The topological polar surface area (TPSA) is 75.8 Å². The highest BCUT2D eigenvalue weighted by Gasteiger charge is 2.28. The average molecular weight is 437 g/mol. The van der Waals surface area contributed by atoms with Crippen molar-refractivity contribution in [3.8, 4) is 0 Å². The van der Waals surface area contributed by atoms with E-state index in [0.29, 0.717) is 23.3 Å². The smallest absolute Gasteiger partial charge is 0.191 e. The molecule has 0 amide bonds. The summed E-state index contributed by atoms with van der Waals surface area (Å²) in [4.78, 5) is 6.69. The zero-order chi connectivity index (χ0) is 15.5. The monoisotopic (exact) mass is 437 g/mol. The molecule has 5 nitrogen and oxygen atoms in total. The fraction of sp³-hybridized carbons (Fsp3) is 0.533. The first-order valence-electron chi connectivity index (χ1n) is 7.28. The Morgan fingerprint density at radius 2 is 1.95 bits per heavy atom. The van der Waals surface area contributed by atoms with Crippen LogP contribution in [0.1, 0.15) is 26.2 Å². The summed E-state index contributed by atoms with van der Waals surface area (Å²) in [6, 6.07) is 8.65. The molecule has 1 aromatic rings. The van der Waals surface area contributed by atoms with E-state index >= 15 is 0 Å². The number of hydrogen-bond donors (Lipinski definition) is 1. The van der Waals surface area contributed by atoms with Crippen molar-refractivity contribution in [2.24, 2.45) is 10.7 Å². The highest BCUT2D eigenvalue weighted by atomic mass is 127. The van der Waals surface area contributed by atoms with Gasteiger partial charge < -0.3 is 10.6 Å². The second-order valence-corrected chi connectivity index (χ2v) is 7.52. The molecular formula is C15H24IN3O2S. The lowest BCUT2D eigenvalue weighted by atomic mass is 10.3. The summed E-state index contributed by atoms with van der Waals surface area (Å²) in [6.45, 7) is 1.93. The number of nitrogens with two attached hydrogens (primary N) is 1. The van der Waals surface area contributed by atoms with Crippen LogP contribution in [-0.4, -0.2) is 44.2 Å². The summed E-state index contributed by atoms with van der Waals surface area (Å²) in [5.74, 6) is 0.430. The highest BCUT2D eigenvalue weighted by Crippen LogP contribution is 2.25. The number of hydrogen-bond acceptors (Lipinski definition) is 3. The number of sulfone groups is 1. The van der Waals surface area contributed by atoms with Crippen molar-refractivity contribution >= 4 is 39.8 Å². The molecule has 0 aliphatic heterocycles. The minimum atomic E-state index is -3.33. The maximum absolute atomic E-state index is 12.4. The number of benzene rings is 1. The van der Waals surface area contributed by atoms with E-state index < -0.39 is 9.84 Å². The third-order valence-electron chi connectivity index (χ3n) is 3.76. The molecule has 1 aliphatic rings. The van der Waals surface area contributed by atoms with E-state index in [-0.39, 0.29) is 35.8 Å². The summed E-state index contributed by atoms with van der Waals surface area (Å²) in [7, 11) is -1.42. The average Bonchev–Trinajstić information content (AvgIpc) is 3.31. The van der Waals surface area contributed by atoms with Crippen molar-refractivity contribution in [3.63, 3.8) is 0 Å². The van der Waals surface area contributed by atoms with E-state index in [1.165, 1.54) is 0 Å². The van der Waals surface area contributed by atoms with Gasteiger partial charge in [-0.25, -0.2) is 13.4 Å². The van der Waals surface area contributed by atoms with Crippen LogP contribution in [0.2, 0.25) is 0 Å². The lowest BCUT2D eigenvalue weighted by Gasteiger charge is -2.19. The number of rotatable bonds is 6. The Balaban J connectivity index is 0.00000242. The Bertz CT molecular complexity index is 600. The number of guanidine groups is 1. The SMILES string of the molecule is CCC(CS(=O)(=O)c1ccccc1)N=C(N)N(C)C1CC1.I. The Morgan fingerprint density at radius 3 is 2.45 bits per heavy atom. The predicted octanol–water partition coefficient (Wildman–Crippen LogP) is 2.27. The molecule has 1 saturated carbocycles. The van der Waals surface area contributed by atoms with Crippen molar-refractivity contribution in [1.82, 2.24) is 4.90 Å². The maximum Gasteiger partial charge on any atom is 0.191 e. The predicted molar refractivity (Wildman–Crippen MR) is 100 cm³/mol. The molecule has 0 bridgehead atoms. The minimum absolute atomic E-state index is 0. The van der Waals surface area contributed by atoms with Crippen molar-refractivity contribution in [2.45, 2.75) is 43.2 Å². The minimum Gasteiger partial charge on any atom is -0.370 e. The van der Waals surface area contributed by atoms with Gasteiger partial charge in [-0.3, -0.25) is 0 Å². The van der Waals surface area contributed by atoms with E-state index in [1.54, 1.807) is 30.3 Å². The lowest BCUT2D eigenvalue weighted by molar-refractivity contribution is 0.482. The van der Waals surface area contributed by atoms with Gasteiger partial charge in [0.2, 0.25) is 0 Å². The van der Waals surface area contributed by atoms with E-state index in [9.17, 15) is 8.42 Å². The van der Waals surface area contributed by atoms with E-state index in [2.05, 4.69) is 4.99 Å². The first-order chi connectivity index (χ1) is 9.94. The van der Waals surface area contributed by atoms with Crippen LogP contribution >= 0.6 is 24.0 Å². The first kappa shape index (κ1) is 19.2. The molecule has 1 unspecified atom stereocenters. The van der Waals surface area contributed by atoms with Crippen molar-refractivity contribution in [3.05, 3.63) is 30.3 Å². The second-order valence-electron chi connectivity index (χ2n) is 5.49. The van der Waals surface area contributed by atoms with Gasteiger partial charge in [-0.15, -0.1) is 24.0 Å². The van der Waals surface area contributed by atoms with Crippen molar-refractivity contribution in [2.75, 3.05) is 12.8 Å². The fourth-order valence-electron chi connectivity index (χ4n) is 2.15. The van der Waals surface area contributed by atoms with Gasteiger partial charge in [0.1, 0.15) is 0 Å². The van der Waals surface area contributed by atoms with E-state index in [0.717, 1.165) is 12.8 Å². The van der Waals surface area contributed by atoms with Crippen LogP contribution in [0, 0.1) is 0 Å². The Morgan fingerprint density at radius 1 is 1.36 bits per heavy atom. The second kappa shape index (κ2) is 8.14. The zero-order valence-corrected chi connectivity index (χ0v) is 16.1. The van der Waals surface area contributed by atoms with Crippen LogP contribution in [-0.2, 0) is 9.84 Å².